The number of hydrogen-bond acceptors (Lipinski definition) is 4. The van der Waals surface area contributed by atoms with E-state index in [1.54, 1.807) is 0 Å². The Hall–Kier alpha value is -0.810. The Morgan fingerprint density at radius 2 is 2.05 bits per heavy atom. The lowest BCUT2D eigenvalue weighted by Gasteiger charge is -2.36. The molecule has 3 rings (SSSR count). The van der Waals surface area contributed by atoms with Gasteiger partial charge in [0.25, 0.3) is 0 Å². The smallest absolute Gasteiger partial charge is 0.221 e. The number of carbonyl (C=O) groups excluding carboxylic acids is 1. The van der Waals surface area contributed by atoms with Crippen molar-refractivity contribution >= 4 is 29.4 Å². The summed E-state index contributed by atoms with van der Waals surface area (Å²) in [4.78, 5) is 12.0. The molecule has 2 fully saturated rings. The monoisotopic (exact) mass is 323 g/mol. The molecule has 1 amide bonds. The molecule has 1 N–H and O–H groups in total. The van der Waals surface area contributed by atoms with Crippen molar-refractivity contribution in [3.05, 3.63) is 30.3 Å². The van der Waals surface area contributed by atoms with Crippen LogP contribution in [0.4, 0.5) is 0 Å². The molecule has 0 spiro atoms. The molecular formula is C16H21NO2S2. The average molecular weight is 323 g/mol. The van der Waals surface area contributed by atoms with E-state index >= 15 is 0 Å². The van der Waals surface area contributed by atoms with Crippen molar-refractivity contribution in [3.63, 3.8) is 0 Å². The first-order valence-corrected chi connectivity index (χ1v) is 9.70. The van der Waals surface area contributed by atoms with Gasteiger partial charge in [0.2, 0.25) is 5.91 Å². The standard InChI is InChI=1S/C16H21NO2S2/c18-16(10-15-11-20-6-7-21-15)17-12-8-14(9-12)19-13-4-2-1-3-5-13/h1-5,12,14-15H,6-11H2,(H,17,18). The van der Waals surface area contributed by atoms with Gasteiger partial charge in [0, 0.05) is 47.8 Å². The Morgan fingerprint density at radius 3 is 2.76 bits per heavy atom. The molecule has 114 valence electrons. The van der Waals surface area contributed by atoms with Crippen LogP contribution in [-0.4, -0.2) is 40.6 Å². The quantitative estimate of drug-likeness (QED) is 0.904. The summed E-state index contributed by atoms with van der Waals surface area (Å²) in [5.74, 6) is 4.65. The highest BCUT2D eigenvalue weighted by Gasteiger charge is 2.32. The molecule has 1 unspecified atom stereocenters. The van der Waals surface area contributed by atoms with Crippen molar-refractivity contribution in [1.82, 2.24) is 5.32 Å². The van der Waals surface area contributed by atoms with Crippen molar-refractivity contribution < 1.29 is 9.53 Å². The molecule has 1 saturated heterocycles. The van der Waals surface area contributed by atoms with Crippen LogP contribution < -0.4 is 10.1 Å². The molecule has 1 aromatic carbocycles. The predicted molar refractivity (Wildman–Crippen MR) is 90.2 cm³/mol. The Labute approximate surface area is 134 Å². The van der Waals surface area contributed by atoms with Crippen LogP contribution in [0.25, 0.3) is 0 Å². The van der Waals surface area contributed by atoms with Crippen LogP contribution in [0.15, 0.2) is 30.3 Å². The summed E-state index contributed by atoms with van der Waals surface area (Å²) in [7, 11) is 0. The molecule has 1 heterocycles. The van der Waals surface area contributed by atoms with E-state index in [4.69, 9.17) is 4.74 Å². The van der Waals surface area contributed by atoms with Crippen molar-refractivity contribution in [3.8, 4) is 5.75 Å². The van der Waals surface area contributed by atoms with Crippen LogP contribution >= 0.6 is 23.5 Å². The minimum atomic E-state index is 0.207. The van der Waals surface area contributed by atoms with Gasteiger partial charge in [0.05, 0.1) is 0 Å². The number of para-hydroxylation sites is 1. The first-order valence-electron chi connectivity index (χ1n) is 7.50. The van der Waals surface area contributed by atoms with E-state index in [9.17, 15) is 4.79 Å². The van der Waals surface area contributed by atoms with Crippen molar-refractivity contribution in [2.45, 2.75) is 36.7 Å². The normalized spacial score (nSPS) is 28.5. The van der Waals surface area contributed by atoms with Crippen LogP contribution in [0.3, 0.4) is 0 Å². The largest absolute Gasteiger partial charge is 0.490 e. The maximum atomic E-state index is 12.0. The van der Waals surface area contributed by atoms with Crippen LogP contribution in [0.5, 0.6) is 5.75 Å². The predicted octanol–water partition coefficient (Wildman–Crippen LogP) is 2.95. The fourth-order valence-electron chi connectivity index (χ4n) is 2.62. The molecule has 1 atom stereocenters. The molecule has 3 nitrogen and oxygen atoms in total. The molecule has 1 aliphatic carbocycles. The van der Waals surface area contributed by atoms with E-state index in [1.807, 2.05) is 53.9 Å². The molecule has 1 aliphatic heterocycles. The second kappa shape index (κ2) is 7.45. The Morgan fingerprint density at radius 1 is 1.24 bits per heavy atom. The number of hydrogen-bond donors (Lipinski definition) is 1. The SMILES string of the molecule is O=C(CC1CSCCS1)NC1CC(Oc2ccccc2)C1. The number of ether oxygens (including phenoxy) is 1. The molecule has 1 saturated carbocycles. The van der Waals surface area contributed by atoms with E-state index in [-0.39, 0.29) is 12.0 Å². The van der Waals surface area contributed by atoms with Gasteiger partial charge in [-0.2, -0.15) is 23.5 Å². The second-order valence-electron chi connectivity index (χ2n) is 5.56. The van der Waals surface area contributed by atoms with E-state index in [0.29, 0.717) is 17.7 Å². The lowest BCUT2D eigenvalue weighted by Crippen LogP contribution is -2.49. The molecule has 0 bridgehead atoms. The third-order valence-electron chi connectivity index (χ3n) is 3.80. The maximum Gasteiger partial charge on any atom is 0.221 e. The zero-order chi connectivity index (χ0) is 14.5. The number of benzene rings is 1. The third-order valence-corrected chi connectivity index (χ3v) is 6.65. The van der Waals surface area contributed by atoms with Gasteiger partial charge >= 0.3 is 0 Å². The molecule has 0 aromatic heterocycles. The highest BCUT2D eigenvalue weighted by Crippen LogP contribution is 2.28. The Kier molecular flexibility index (Phi) is 5.36. The number of carbonyl (C=O) groups is 1. The Balaban J connectivity index is 1.33. The fraction of sp³-hybridized carbons (Fsp3) is 0.562. The van der Waals surface area contributed by atoms with Crippen LogP contribution in [-0.2, 0) is 4.79 Å². The van der Waals surface area contributed by atoms with E-state index in [2.05, 4.69) is 5.32 Å². The van der Waals surface area contributed by atoms with Gasteiger partial charge in [0.1, 0.15) is 11.9 Å². The third kappa shape index (κ3) is 4.58. The van der Waals surface area contributed by atoms with E-state index in [1.165, 1.54) is 11.5 Å². The topological polar surface area (TPSA) is 38.3 Å². The van der Waals surface area contributed by atoms with Crippen molar-refractivity contribution in [2.75, 3.05) is 17.3 Å². The molecule has 5 heteroatoms. The van der Waals surface area contributed by atoms with Crippen LogP contribution in [0.1, 0.15) is 19.3 Å². The first kappa shape index (κ1) is 15.1. The zero-order valence-electron chi connectivity index (χ0n) is 12.0. The number of rotatable bonds is 5. The summed E-state index contributed by atoms with van der Waals surface area (Å²) < 4.78 is 5.85. The number of nitrogens with one attached hydrogen (secondary N) is 1. The van der Waals surface area contributed by atoms with Gasteiger partial charge in [-0.1, -0.05) is 18.2 Å². The molecule has 1 aromatic rings. The van der Waals surface area contributed by atoms with Gasteiger partial charge in [-0.05, 0) is 12.1 Å². The first-order chi connectivity index (χ1) is 10.3. The van der Waals surface area contributed by atoms with Gasteiger partial charge < -0.3 is 10.1 Å². The van der Waals surface area contributed by atoms with Crippen LogP contribution in [0, 0.1) is 0 Å². The summed E-state index contributed by atoms with van der Waals surface area (Å²) in [6.07, 6.45) is 2.76. The minimum absolute atomic E-state index is 0.207. The van der Waals surface area contributed by atoms with E-state index < -0.39 is 0 Å². The summed E-state index contributed by atoms with van der Waals surface area (Å²) in [6, 6.07) is 10.2. The Bertz CT molecular complexity index is 457. The number of amides is 1. The molecular weight excluding hydrogens is 302 g/mol. The number of thioether (sulfide) groups is 2. The van der Waals surface area contributed by atoms with Crippen LogP contribution in [0.2, 0.25) is 0 Å². The molecule has 21 heavy (non-hydrogen) atoms. The molecule has 0 radical (unpaired) electrons. The summed E-state index contributed by atoms with van der Waals surface area (Å²) in [5, 5.41) is 3.64. The van der Waals surface area contributed by atoms with Crippen molar-refractivity contribution in [2.24, 2.45) is 0 Å². The second-order valence-corrected chi connectivity index (χ2v) is 8.12. The zero-order valence-corrected chi connectivity index (χ0v) is 13.6. The van der Waals surface area contributed by atoms with Crippen molar-refractivity contribution in [1.29, 1.82) is 0 Å². The molecule has 2 aliphatic rings. The fourth-order valence-corrected chi connectivity index (χ4v) is 5.30. The lowest BCUT2D eigenvalue weighted by molar-refractivity contribution is -0.122. The lowest BCUT2D eigenvalue weighted by atomic mass is 9.89. The summed E-state index contributed by atoms with van der Waals surface area (Å²) in [6.45, 7) is 0. The summed E-state index contributed by atoms with van der Waals surface area (Å²) in [5.41, 5.74) is 0. The van der Waals surface area contributed by atoms with Gasteiger partial charge in [-0.15, -0.1) is 0 Å². The minimum Gasteiger partial charge on any atom is -0.490 e. The van der Waals surface area contributed by atoms with Gasteiger partial charge in [-0.25, -0.2) is 0 Å². The maximum absolute atomic E-state index is 12.0. The highest BCUT2D eigenvalue weighted by molar-refractivity contribution is 8.06. The van der Waals surface area contributed by atoms with Gasteiger partial charge in [0.15, 0.2) is 0 Å². The van der Waals surface area contributed by atoms with E-state index in [0.717, 1.165) is 24.3 Å². The summed E-state index contributed by atoms with van der Waals surface area (Å²) >= 11 is 3.90. The van der Waals surface area contributed by atoms with Gasteiger partial charge in [-0.3, -0.25) is 4.79 Å². The average Bonchev–Trinajstić information content (AvgIpc) is 2.47. The highest BCUT2D eigenvalue weighted by atomic mass is 32.2.